The summed E-state index contributed by atoms with van der Waals surface area (Å²) in [7, 11) is 1.54. The minimum absolute atomic E-state index is 0.0528. The largest absolute Gasteiger partial charge is 0.459 e. The van der Waals surface area contributed by atoms with Gasteiger partial charge in [-0.05, 0) is 30.2 Å². The highest BCUT2D eigenvalue weighted by molar-refractivity contribution is 6.42. The van der Waals surface area contributed by atoms with Gasteiger partial charge >= 0.3 is 0 Å². The molecular weight excluding hydrogens is 339 g/mol. The number of hydrogen-bond acceptors (Lipinski definition) is 3. The number of benzene rings is 1. The monoisotopic (exact) mass is 354 g/mol. The summed E-state index contributed by atoms with van der Waals surface area (Å²) in [6, 6.07) is 8.54. The van der Waals surface area contributed by atoms with Crippen LogP contribution in [0, 0.1) is 0 Å². The van der Waals surface area contributed by atoms with Crippen LogP contribution in [0.25, 0.3) is 0 Å². The number of likely N-dealkylation sites (N-methyl/N-ethyl adjacent to an activating group) is 1. The summed E-state index contributed by atoms with van der Waals surface area (Å²) >= 11 is 12.0. The molecular formula is C16H16Cl2N2O3. The zero-order chi connectivity index (χ0) is 16.8. The van der Waals surface area contributed by atoms with Crippen molar-refractivity contribution >= 4 is 35.0 Å². The number of hydrogen-bond donors (Lipinski definition) is 1. The van der Waals surface area contributed by atoms with Gasteiger partial charge in [0.2, 0.25) is 5.91 Å². The van der Waals surface area contributed by atoms with Crippen molar-refractivity contribution in [2.45, 2.75) is 6.42 Å². The van der Waals surface area contributed by atoms with E-state index < -0.39 is 0 Å². The van der Waals surface area contributed by atoms with Crippen molar-refractivity contribution in [1.82, 2.24) is 10.2 Å². The van der Waals surface area contributed by atoms with Crippen molar-refractivity contribution in [3.05, 3.63) is 58.0 Å². The van der Waals surface area contributed by atoms with Crippen molar-refractivity contribution in [2.75, 3.05) is 20.1 Å². The summed E-state index contributed by atoms with van der Waals surface area (Å²) in [5.41, 5.74) is 0.861. The fourth-order valence-electron chi connectivity index (χ4n) is 2.01. The van der Waals surface area contributed by atoms with Gasteiger partial charge in [0.25, 0.3) is 5.91 Å². The Labute approximate surface area is 144 Å². The van der Waals surface area contributed by atoms with Gasteiger partial charge in [0.1, 0.15) is 0 Å². The molecule has 0 saturated heterocycles. The standard InChI is InChI=1S/C16H16Cl2N2O3/c1-20(16(22)13-6-3-9-23-13)10-14(21)19-8-7-11-4-2-5-12(17)15(11)18/h2-6,9H,7-8,10H2,1H3,(H,19,21). The van der Waals surface area contributed by atoms with Gasteiger partial charge in [0, 0.05) is 13.6 Å². The van der Waals surface area contributed by atoms with Gasteiger partial charge in [0.05, 0.1) is 22.9 Å². The molecule has 0 atom stereocenters. The highest BCUT2D eigenvalue weighted by Crippen LogP contribution is 2.25. The van der Waals surface area contributed by atoms with E-state index in [0.29, 0.717) is 23.0 Å². The van der Waals surface area contributed by atoms with E-state index in [2.05, 4.69) is 5.32 Å². The van der Waals surface area contributed by atoms with Crippen LogP contribution in [0.1, 0.15) is 16.1 Å². The first kappa shape index (κ1) is 17.4. The number of carbonyl (C=O) groups is 2. The Balaban J connectivity index is 1.79. The number of carbonyl (C=O) groups excluding carboxylic acids is 2. The molecule has 2 aromatic rings. The smallest absolute Gasteiger partial charge is 0.289 e. The summed E-state index contributed by atoms with van der Waals surface area (Å²) in [6.07, 6.45) is 1.97. The quantitative estimate of drug-likeness (QED) is 0.867. The molecule has 7 heteroatoms. The average Bonchev–Trinajstić information content (AvgIpc) is 3.05. The Morgan fingerprint density at radius 3 is 2.70 bits per heavy atom. The highest BCUT2D eigenvalue weighted by atomic mass is 35.5. The molecule has 1 heterocycles. The number of halogens is 2. The second-order valence-electron chi connectivity index (χ2n) is 4.95. The minimum Gasteiger partial charge on any atom is -0.459 e. The maximum Gasteiger partial charge on any atom is 0.289 e. The van der Waals surface area contributed by atoms with E-state index in [9.17, 15) is 9.59 Å². The van der Waals surface area contributed by atoms with Gasteiger partial charge in [-0.3, -0.25) is 9.59 Å². The molecule has 0 bridgehead atoms. The zero-order valence-electron chi connectivity index (χ0n) is 12.5. The number of nitrogens with one attached hydrogen (secondary N) is 1. The Hall–Kier alpha value is -1.98. The molecule has 0 spiro atoms. The zero-order valence-corrected chi connectivity index (χ0v) is 14.0. The van der Waals surface area contributed by atoms with E-state index in [0.717, 1.165) is 5.56 Å². The molecule has 1 aromatic carbocycles. The third kappa shape index (κ3) is 4.74. The summed E-state index contributed by atoms with van der Waals surface area (Å²) in [4.78, 5) is 25.1. The molecule has 23 heavy (non-hydrogen) atoms. The molecule has 0 aliphatic heterocycles. The van der Waals surface area contributed by atoms with Gasteiger partial charge in [-0.15, -0.1) is 0 Å². The second kappa shape index (κ2) is 8.04. The van der Waals surface area contributed by atoms with Gasteiger partial charge < -0.3 is 14.6 Å². The van der Waals surface area contributed by atoms with Crippen molar-refractivity contribution in [1.29, 1.82) is 0 Å². The van der Waals surface area contributed by atoms with E-state index >= 15 is 0 Å². The lowest BCUT2D eigenvalue weighted by molar-refractivity contribution is -0.121. The third-order valence-corrected chi connectivity index (χ3v) is 4.07. The molecule has 0 unspecified atom stereocenters. The first-order valence-corrected chi connectivity index (χ1v) is 7.73. The van der Waals surface area contributed by atoms with Crippen LogP contribution in [0.15, 0.2) is 41.0 Å². The SMILES string of the molecule is CN(CC(=O)NCCc1cccc(Cl)c1Cl)C(=O)c1ccco1. The maximum absolute atomic E-state index is 11.9. The summed E-state index contributed by atoms with van der Waals surface area (Å²) in [6.45, 7) is 0.352. The van der Waals surface area contributed by atoms with Crippen LogP contribution in [0.5, 0.6) is 0 Å². The van der Waals surface area contributed by atoms with E-state index in [-0.39, 0.29) is 24.1 Å². The fraction of sp³-hybridized carbons (Fsp3) is 0.250. The molecule has 0 radical (unpaired) electrons. The lowest BCUT2D eigenvalue weighted by atomic mass is 10.1. The van der Waals surface area contributed by atoms with Crippen LogP contribution in [-0.2, 0) is 11.2 Å². The highest BCUT2D eigenvalue weighted by Gasteiger charge is 2.16. The van der Waals surface area contributed by atoms with Crippen LogP contribution in [0.3, 0.4) is 0 Å². The fourth-order valence-corrected chi connectivity index (χ4v) is 2.42. The molecule has 2 amide bonds. The van der Waals surface area contributed by atoms with Gasteiger partial charge in [-0.1, -0.05) is 35.3 Å². The predicted molar refractivity (Wildman–Crippen MR) is 88.8 cm³/mol. The van der Waals surface area contributed by atoms with E-state index in [1.807, 2.05) is 6.07 Å². The number of nitrogens with zero attached hydrogens (tertiary/aromatic N) is 1. The number of rotatable bonds is 6. The normalized spacial score (nSPS) is 10.4. The third-order valence-electron chi connectivity index (χ3n) is 3.21. The first-order chi connectivity index (χ1) is 11.0. The molecule has 1 aromatic heterocycles. The molecule has 0 saturated carbocycles. The van der Waals surface area contributed by atoms with Gasteiger partial charge in [-0.25, -0.2) is 0 Å². The van der Waals surface area contributed by atoms with Crippen molar-refractivity contribution in [2.24, 2.45) is 0 Å². The first-order valence-electron chi connectivity index (χ1n) is 6.97. The molecule has 2 rings (SSSR count). The summed E-state index contributed by atoms with van der Waals surface area (Å²) in [5, 5.41) is 3.72. The minimum atomic E-state index is -0.344. The number of furan rings is 1. The number of amides is 2. The van der Waals surface area contributed by atoms with Crippen LogP contribution in [0.4, 0.5) is 0 Å². The van der Waals surface area contributed by atoms with Crippen LogP contribution in [-0.4, -0.2) is 36.9 Å². The lowest BCUT2D eigenvalue weighted by Crippen LogP contribution is -2.38. The molecule has 122 valence electrons. The Morgan fingerprint density at radius 2 is 2.00 bits per heavy atom. The van der Waals surface area contributed by atoms with E-state index in [4.69, 9.17) is 27.6 Å². The molecule has 1 N–H and O–H groups in total. The topological polar surface area (TPSA) is 62.6 Å². The van der Waals surface area contributed by atoms with Crippen LogP contribution in [0.2, 0.25) is 10.0 Å². The van der Waals surface area contributed by atoms with Crippen LogP contribution < -0.4 is 5.32 Å². The maximum atomic E-state index is 11.9. The average molecular weight is 355 g/mol. The molecule has 0 aliphatic carbocycles. The molecule has 5 nitrogen and oxygen atoms in total. The Kier molecular flexibility index (Phi) is 6.07. The second-order valence-corrected chi connectivity index (χ2v) is 5.74. The van der Waals surface area contributed by atoms with E-state index in [1.165, 1.54) is 18.2 Å². The summed E-state index contributed by atoms with van der Waals surface area (Å²) < 4.78 is 5.01. The van der Waals surface area contributed by atoms with Gasteiger partial charge in [0.15, 0.2) is 5.76 Å². The van der Waals surface area contributed by atoms with Gasteiger partial charge in [-0.2, -0.15) is 0 Å². The molecule has 0 fully saturated rings. The van der Waals surface area contributed by atoms with Crippen molar-refractivity contribution in [3.8, 4) is 0 Å². The molecule has 0 aliphatic rings. The van der Waals surface area contributed by atoms with Crippen LogP contribution >= 0.6 is 23.2 Å². The lowest BCUT2D eigenvalue weighted by Gasteiger charge is -2.15. The Morgan fingerprint density at radius 1 is 1.22 bits per heavy atom. The van der Waals surface area contributed by atoms with Crippen molar-refractivity contribution in [3.63, 3.8) is 0 Å². The van der Waals surface area contributed by atoms with E-state index in [1.54, 1.807) is 24.3 Å². The van der Waals surface area contributed by atoms with Crippen molar-refractivity contribution < 1.29 is 14.0 Å². The Bertz CT molecular complexity index is 687. The summed E-state index contributed by atoms with van der Waals surface area (Å²) in [5.74, 6) is -0.403. The predicted octanol–water partition coefficient (Wildman–Crippen LogP) is 3.02.